The van der Waals surface area contributed by atoms with Crippen LogP contribution in [0.15, 0.2) is 36.4 Å². The molecule has 1 fully saturated rings. The van der Waals surface area contributed by atoms with Crippen LogP contribution >= 0.6 is 0 Å². The lowest BCUT2D eigenvalue weighted by Crippen LogP contribution is -2.17. The average Bonchev–Trinajstić information content (AvgIpc) is 2.80. The second-order valence-electron chi connectivity index (χ2n) is 4.44. The van der Waals surface area contributed by atoms with E-state index in [4.69, 9.17) is 4.74 Å². The maximum absolute atomic E-state index is 5.64. The number of anilines is 1. The molecular weight excluding hydrogens is 198 g/mol. The molecule has 0 N–H and O–H groups in total. The third kappa shape index (κ3) is 2.78. The fraction of sp³-hybridized carbons (Fsp3) is 0.429. The highest BCUT2D eigenvalue weighted by molar-refractivity contribution is 5.51. The molecule has 0 aromatic heterocycles. The smallest absolute Gasteiger partial charge is 0.121 e. The standard InChI is InChI=1S/C14H19NO/c1-12(2)11-16-14-7-5-6-13(10-14)15-8-3-4-9-15/h5-7,10H,1,3-4,8-9,11H2,2H3. The molecule has 16 heavy (non-hydrogen) atoms. The van der Waals surface area contributed by atoms with Gasteiger partial charge in [0.1, 0.15) is 12.4 Å². The van der Waals surface area contributed by atoms with Gasteiger partial charge in [-0.2, -0.15) is 0 Å². The van der Waals surface area contributed by atoms with Crippen LogP contribution in [0.3, 0.4) is 0 Å². The van der Waals surface area contributed by atoms with Crippen molar-refractivity contribution >= 4 is 5.69 Å². The molecule has 1 aliphatic rings. The summed E-state index contributed by atoms with van der Waals surface area (Å²) in [7, 11) is 0. The van der Waals surface area contributed by atoms with Gasteiger partial charge in [-0.25, -0.2) is 0 Å². The summed E-state index contributed by atoms with van der Waals surface area (Å²) in [6.07, 6.45) is 2.60. The second-order valence-corrected chi connectivity index (χ2v) is 4.44. The van der Waals surface area contributed by atoms with Crippen LogP contribution in [0.2, 0.25) is 0 Å². The first-order valence-corrected chi connectivity index (χ1v) is 5.88. The first-order chi connectivity index (χ1) is 7.75. The van der Waals surface area contributed by atoms with Gasteiger partial charge in [0.05, 0.1) is 0 Å². The summed E-state index contributed by atoms with van der Waals surface area (Å²) in [5.74, 6) is 0.937. The first-order valence-electron chi connectivity index (χ1n) is 5.88. The van der Waals surface area contributed by atoms with E-state index in [2.05, 4.69) is 29.7 Å². The van der Waals surface area contributed by atoms with Gasteiger partial charge < -0.3 is 9.64 Å². The van der Waals surface area contributed by atoms with E-state index in [-0.39, 0.29) is 0 Å². The first kappa shape index (κ1) is 11.1. The summed E-state index contributed by atoms with van der Waals surface area (Å²) in [5.41, 5.74) is 2.32. The maximum Gasteiger partial charge on any atom is 0.121 e. The van der Waals surface area contributed by atoms with E-state index < -0.39 is 0 Å². The monoisotopic (exact) mass is 217 g/mol. The van der Waals surface area contributed by atoms with Gasteiger partial charge in [0.2, 0.25) is 0 Å². The van der Waals surface area contributed by atoms with Crippen molar-refractivity contribution in [2.75, 3.05) is 24.6 Å². The van der Waals surface area contributed by atoms with Crippen molar-refractivity contribution in [1.29, 1.82) is 0 Å². The van der Waals surface area contributed by atoms with Gasteiger partial charge in [0.25, 0.3) is 0 Å². The van der Waals surface area contributed by atoms with E-state index in [9.17, 15) is 0 Å². The van der Waals surface area contributed by atoms with E-state index in [0.29, 0.717) is 6.61 Å². The maximum atomic E-state index is 5.64. The molecule has 0 amide bonds. The number of benzene rings is 1. The van der Waals surface area contributed by atoms with Crippen LogP contribution in [-0.4, -0.2) is 19.7 Å². The molecule has 1 saturated heterocycles. The van der Waals surface area contributed by atoms with Crippen molar-refractivity contribution in [3.63, 3.8) is 0 Å². The average molecular weight is 217 g/mol. The zero-order valence-corrected chi connectivity index (χ0v) is 9.91. The molecule has 86 valence electrons. The van der Waals surface area contributed by atoms with Crippen LogP contribution in [0.5, 0.6) is 5.75 Å². The zero-order chi connectivity index (χ0) is 11.4. The molecule has 0 unspecified atom stereocenters. The molecule has 0 radical (unpaired) electrons. The molecule has 2 rings (SSSR count). The quantitative estimate of drug-likeness (QED) is 0.718. The van der Waals surface area contributed by atoms with Crippen molar-refractivity contribution in [3.05, 3.63) is 36.4 Å². The molecule has 1 aromatic carbocycles. The summed E-state index contributed by atoms with van der Waals surface area (Å²) in [5, 5.41) is 0. The Bertz CT molecular complexity index is 367. The van der Waals surface area contributed by atoms with Gasteiger partial charge in [0, 0.05) is 24.8 Å². The summed E-state index contributed by atoms with van der Waals surface area (Å²) in [6.45, 7) is 8.75. The molecule has 2 nitrogen and oxygen atoms in total. The number of rotatable bonds is 4. The number of ether oxygens (including phenoxy) is 1. The normalized spacial score (nSPS) is 15.2. The van der Waals surface area contributed by atoms with E-state index in [1.54, 1.807) is 0 Å². The number of nitrogens with zero attached hydrogens (tertiary/aromatic N) is 1. The number of hydrogen-bond donors (Lipinski definition) is 0. The van der Waals surface area contributed by atoms with Gasteiger partial charge in [-0.1, -0.05) is 12.6 Å². The molecule has 1 aromatic rings. The Morgan fingerprint density at radius 3 is 2.81 bits per heavy atom. The SMILES string of the molecule is C=C(C)COc1cccc(N2CCCC2)c1. The van der Waals surface area contributed by atoms with Gasteiger partial charge in [0.15, 0.2) is 0 Å². The van der Waals surface area contributed by atoms with Crippen LogP contribution < -0.4 is 9.64 Å². The van der Waals surface area contributed by atoms with Crippen LogP contribution in [0.1, 0.15) is 19.8 Å². The van der Waals surface area contributed by atoms with Crippen molar-refractivity contribution in [2.45, 2.75) is 19.8 Å². The van der Waals surface area contributed by atoms with Crippen LogP contribution in [0.25, 0.3) is 0 Å². The van der Waals surface area contributed by atoms with E-state index in [0.717, 1.165) is 11.3 Å². The van der Waals surface area contributed by atoms with E-state index in [1.165, 1.54) is 31.6 Å². The minimum absolute atomic E-state index is 0.601. The molecular formula is C14H19NO. The van der Waals surface area contributed by atoms with Gasteiger partial charge in [-0.3, -0.25) is 0 Å². The topological polar surface area (TPSA) is 12.5 Å². The minimum atomic E-state index is 0.601. The molecule has 0 atom stereocenters. The largest absolute Gasteiger partial charge is 0.489 e. The molecule has 1 heterocycles. The van der Waals surface area contributed by atoms with Gasteiger partial charge >= 0.3 is 0 Å². The Morgan fingerprint density at radius 1 is 1.38 bits per heavy atom. The van der Waals surface area contributed by atoms with Gasteiger partial charge in [-0.15, -0.1) is 0 Å². The highest BCUT2D eigenvalue weighted by Gasteiger charge is 2.12. The fourth-order valence-electron chi connectivity index (χ4n) is 1.95. The Morgan fingerprint density at radius 2 is 2.12 bits per heavy atom. The minimum Gasteiger partial charge on any atom is -0.489 e. The van der Waals surface area contributed by atoms with Crippen molar-refractivity contribution < 1.29 is 4.74 Å². The van der Waals surface area contributed by atoms with E-state index in [1.807, 2.05) is 13.0 Å². The second kappa shape index (κ2) is 5.06. The molecule has 0 saturated carbocycles. The van der Waals surface area contributed by atoms with E-state index >= 15 is 0 Å². The molecule has 0 spiro atoms. The molecule has 0 bridgehead atoms. The Balaban J connectivity index is 2.03. The molecule has 0 aliphatic carbocycles. The van der Waals surface area contributed by atoms with Crippen molar-refractivity contribution in [2.24, 2.45) is 0 Å². The highest BCUT2D eigenvalue weighted by atomic mass is 16.5. The van der Waals surface area contributed by atoms with Gasteiger partial charge in [-0.05, 0) is 37.5 Å². The third-order valence-electron chi connectivity index (χ3n) is 2.77. The molecule has 2 heteroatoms. The Labute approximate surface area is 97.5 Å². The van der Waals surface area contributed by atoms with Crippen LogP contribution in [0.4, 0.5) is 5.69 Å². The lowest BCUT2D eigenvalue weighted by atomic mass is 10.3. The highest BCUT2D eigenvalue weighted by Crippen LogP contribution is 2.24. The van der Waals surface area contributed by atoms with Crippen molar-refractivity contribution in [3.8, 4) is 5.75 Å². The molecule has 1 aliphatic heterocycles. The van der Waals surface area contributed by atoms with Crippen molar-refractivity contribution in [1.82, 2.24) is 0 Å². The summed E-state index contributed by atoms with van der Waals surface area (Å²) >= 11 is 0. The Kier molecular flexibility index (Phi) is 3.50. The predicted molar refractivity (Wildman–Crippen MR) is 68.2 cm³/mol. The summed E-state index contributed by atoms with van der Waals surface area (Å²) in [4.78, 5) is 2.41. The summed E-state index contributed by atoms with van der Waals surface area (Å²) < 4.78 is 5.64. The zero-order valence-electron chi connectivity index (χ0n) is 9.91. The van der Waals surface area contributed by atoms with Crippen LogP contribution in [-0.2, 0) is 0 Å². The lowest BCUT2D eigenvalue weighted by Gasteiger charge is -2.18. The number of hydrogen-bond acceptors (Lipinski definition) is 2. The third-order valence-corrected chi connectivity index (χ3v) is 2.77. The van der Waals surface area contributed by atoms with Crippen LogP contribution in [0, 0.1) is 0 Å². The lowest BCUT2D eigenvalue weighted by molar-refractivity contribution is 0.353. The summed E-state index contributed by atoms with van der Waals surface area (Å²) in [6, 6.07) is 8.33. The Hall–Kier alpha value is -1.44. The fourth-order valence-corrected chi connectivity index (χ4v) is 1.95. The predicted octanol–water partition coefficient (Wildman–Crippen LogP) is 3.24.